The maximum absolute atomic E-state index is 4.94. The fraction of sp³-hybridized carbons (Fsp3) is 0.214. The first kappa shape index (κ1) is 13.0. The minimum atomic E-state index is 0.569. The molecule has 1 heterocycles. The van der Waals surface area contributed by atoms with E-state index in [2.05, 4.69) is 24.0 Å². The van der Waals surface area contributed by atoms with Crippen LogP contribution >= 0.6 is 0 Å². The highest BCUT2D eigenvalue weighted by molar-refractivity contribution is 5.25. The first-order valence-electron chi connectivity index (χ1n) is 5.32. The number of benzene rings is 1. The molecule has 0 atom stereocenters. The number of nitrogens with zero attached hydrogens (tertiary/aromatic N) is 1. The summed E-state index contributed by atoms with van der Waals surface area (Å²) in [6.07, 6.45) is 1.64. The van der Waals surface area contributed by atoms with Crippen LogP contribution in [0.2, 0.25) is 0 Å². The van der Waals surface area contributed by atoms with E-state index >= 15 is 0 Å². The Morgan fingerprint density at radius 3 is 2.12 bits per heavy atom. The molecule has 3 heteroatoms. The number of aryl methyl sites for hydroxylation is 1. The Bertz CT molecular complexity index is 410. The zero-order valence-electron chi connectivity index (χ0n) is 10.4. The summed E-state index contributed by atoms with van der Waals surface area (Å²) >= 11 is 0. The van der Waals surface area contributed by atoms with Crippen molar-refractivity contribution in [3.63, 3.8) is 0 Å². The number of ether oxygens (including phenoxy) is 2. The molecule has 1 aromatic heterocycles. The average Bonchev–Trinajstić information content (AvgIpc) is 2.40. The smallest absolute Gasteiger partial charge is 0.216 e. The molecule has 0 N–H and O–H groups in total. The lowest BCUT2D eigenvalue weighted by molar-refractivity contribution is 0.382. The molecular weight excluding hydrogens is 214 g/mol. The molecule has 0 bridgehead atoms. The van der Waals surface area contributed by atoms with Crippen molar-refractivity contribution in [3.8, 4) is 11.6 Å². The van der Waals surface area contributed by atoms with Crippen molar-refractivity contribution in [2.75, 3.05) is 14.2 Å². The number of hydrogen-bond acceptors (Lipinski definition) is 3. The van der Waals surface area contributed by atoms with E-state index in [0.29, 0.717) is 5.88 Å². The quantitative estimate of drug-likeness (QED) is 0.795. The lowest BCUT2D eigenvalue weighted by Crippen LogP contribution is -1.88. The largest absolute Gasteiger partial charge is 0.497 e. The number of aromatic nitrogens is 1. The van der Waals surface area contributed by atoms with Gasteiger partial charge in [0.1, 0.15) is 5.75 Å². The summed E-state index contributed by atoms with van der Waals surface area (Å²) in [5.74, 6) is 1.33. The second-order valence-corrected chi connectivity index (χ2v) is 3.39. The minimum Gasteiger partial charge on any atom is -0.497 e. The standard InChI is InChI=1S/C7H9NO2.C7H8/c1-9-6-3-4-8-7(5-6)10-2;1-7-5-3-2-4-6-7/h3-5H,1-2H3;2-6H,1H3. The fourth-order valence-corrected chi connectivity index (χ4v) is 1.16. The van der Waals surface area contributed by atoms with Crippen LogP contribution < -0.4 is 9.47 Å². The molecule has 0 aliphatic carbocycles. The van der Waals surface area contributed by atoms with Crippen LogP contribution in [-0.4, -0.2) is 19.2 Å². The summed E-state index contributed by atoms with van der Waals surface area (Å²) in [5.41, 5.74) is 1.32. The number of methoxy groups -OCH3 is 2. The summed E-state index contributed by atoms with van der Waals surface area (Å²) < 4.78 is 9.80. The van der Waals surface area contributed by atoms with Crippen molar-refractivity contribution >= 4 is 0 Å². The van der Waals surface area contributed by atoms with Gasteiger partial charge in [0.25, 0.3) is 0 Å². The molecule has 0 saturated carbocycles. The van der Waals surface area contributed by atoms with Gasteiger partial charge in [-0.05, 0) is 13.0 Å². The van der Waals surface area contributed by atoms with Gasteiger partial charge in [0.2, 0.25) is 5.88 Å². The summed E-state index contributed by atoms with van der Waals surface area (Å²) in [5, 5.41) is 0. The first-order chi connectivity index (χ1) is 8.26. The van der Waals surface area contributed by atoms with Crippen LogP contribution in [0, 0.1) is 6.92 Å². The minimum absolute atomic E-state index is 0.569. The van der Waals surface area contributed by atoms with Crippen molar-refractivity contribution in [2.24, 2.45) is 0 Å². The zero-order chi connectivity index (χ0) is 12.5. The summed E-state index contributed by atoms with van der Waals surface area (Å²) in [6.45, 7) is 2.08. The topological polar surface area (TPSA) is 31.4 Å². The summed E-state index contributed by atoms with van der Waals surface area (Å²) in [4.78, 5) is 3.90. The highest BCUT2D eigenvalue weighted by atomic mass is 16.5. The molecule has 3 nitrogen and oxygen atoms in total. The Labute approximate surface area is 102 Å². The number of hydrogen-bond donors (Lipinski definition) is 0. The van der Waals surface area contributed by atoms with Crippen LogP contribution in [0.4, 0.5) is 0 Å². The SMILES string of the molecule is COc1ccnc(OC)c1.Cc1ccccc1. The van der Waals surface area contributed by atoms with Gasteiger partial charge in [0.15, 0.2) is 0 Å². The van der Waals surface area contributed by atoms with E-state index in [4.69, 9.17) is 9.47 Å². The molecule has 0 amide bonds. The molecule has 2 rings (SSSR count). The lowest BCUT2D eigenvalue weighted by atomic mass is 10.2. The molecule has 17 heavy (non-hydrogen) atoms. The van der Waals surface area contributed by atoms with Gasteiger partial charge in [-0.3, -0.25) is 0 Å². The van der Waals surface area contributed by atoms with Crippen LogP contribution in [0.15, 0.2) is 48.7 Å². The highest BCUT2D eigenvalue weighted by Gasteiger charge is 1.93. The maximum atomic E-state index is 4.94. The first-order valence-corrected chi connectivity index (χ1v) is 5.32. The van der Waals surface area contributed by atoms with Crippen LogP contribution in [0.25, 0.3) is 0 Å². The Morgan fingerprint density at radius 2 is 1.65 bits per heavy atom. The third kappa shape index (κ3) is 5.02. The summed E-state index contributed by atoms with van der Waals surface area (Å²) in [6, 6.07) is 13.8. The Hall–Kier alpha value is -2.03. The third-order valence-electron chi connectivity index (χ3n) is 2.09. The van der Waals surface area contributed by atoms with Gasteiger partial charge < -0.3 is 9.47 Å². The highest BCUT2D eigenvalue weighted by Crippen LogP contribution is 2.14. The van der Waals surface area contributed by atoms with E-state index in [1.54, 1.807) is 32.5 Å². The number of rotatable bonds is 2. The Kier molecular flexibility index (Phi) is 5.58. The van der Waals surface area contributed by atoms with Crippen molar-refractivity contribution < 1.29 is 9.47 Å². The van der Waals surface area contributed by atoms with E-state index in [1.807, 2.05) is 18.2 Å². The van der Waals surface area contributed by atoms with E-state index in [-0.39, 0.29) is 0 Å². The Morgan fingerprint density at radius 1 is 0.941 bits per heavy atom. The van der Waals surface area contributed by atoms with Gasteiger partial charge in [-0.2, -0.15) is 0 Å². The molecule has 90 valence electrons. The van der Waals surface area contributed by atoms with Gasteiger partial charge in [-0.15, -0.1) is 0 Å². The molecule has 0 fully saturated rings. The molecule has 0 saturated heterocycles. The van der Waals surface area contributed by atoms with E-state index in [0.717, 1.165) is 5.75 Å². The fourth-order valence-electron chi connectivity index (χ4n) is 1.16. The van der Waals surface area contributed by atoms with E-state index < -0.39 is 0 Å². The van der Waals surface area contributed by atoms with Crippen molar-refractivity contribution in [1.82, 2.24) is 4.98 Å². The predicted molar refractivity (Wildman–Crippen MR) is 68.5 cm³/mol. The van der Waals surface area contributed by atoms with Gasteiger partial charge in [0, 0.05) is 12.3 Å². The molecule has 0 aliphatic rings. The van der Waals surface area contributed by atoms with Gasteiger partial charge in [-0.25, -0.2) is 4.98 Å². The molecular formula is C14H17NO2. The van der Waals surface area contributed by atoms with E-state index in [9.17, 15) is 0 Å². The lowest BCUT2D eigenvalue weighted by Gasteiger charge is -2.00. The molecule has 0 radical (unpaired) electrons. The van der Waals surface area contributed by atoms with Crippen LogP contribution in [-0.2, 0) is 0 Å². The molecule has 0 spiro atoms. The number of pyridine rings is 1. The maximum Gasteiger partial charge on any atom is 0.216 e. The van der Waals surface area contributed by atoms with Crippen molar-refractivity contribution in [3.05, 3.63) is 54.2 Å². The normalized spacial score (nSPS) is 8.88. The Balaban J connectivity index is 0.000000181. The predicted octanol–water partition coefficient (Wildman–Crippen LogP) is 3.09. The summed E-state index contributed by atoms with van der Waals surface area (Å²) in [7, 11) is 3.18. The molecule has 2 aromatic rings. The van der Waals surface area contributed by atoms with Gasteiger partial charge in [0.05, 0.1) is 14.2 Å². The van der Waals surface area contributed by atoms with Crippen LogP contribution in [0.5, 0.6) is 11.6 Å². The third-order valence-corrected chi connectivity index (χ3v) is 2.09. The molecule has 0 aliphatic heterocycles. The molecule has 0 unspecified atom stereocenters. The van der Waals surface area contributed by atoms with E-state index in [1.165, 1.54) is 5.56 Å². The van der Waals surface area contributed by atoms with Crippen molar-refractivity contribution in [1.29, 1.82) is 0 Å². The van der Waals surface area contributed by atoms with Gasteiger partial charge in [-0.1, -0.05) is 35.9 Å². The van der Waals surface area contributed by atoms with Crippen LogP contribution in [0.3, 0.4) is 0 Å². The zero-order valence-corrected chi connectivity index (χ0v) is 10.4. The second kappa shape index (κ2) is 7.28. The van der Waals surface area contributed by atoms with Crippen LogP contribution in [0.1, 0.15) is 5.56 Å². The van der Waals surface area contributed by atoms with Crippen molar-refractivity contribution in [2.45, 2.75) is 6.92 Å². The average molecular weight is 231 g/mol. The second-order valence-electron chi connectivity index (χ2n) is 3.39. The van der Waals surface area contributed by atoms with Gasteiger partial charge >= 0.3 is 0 Å². The molecule has 1 aromatic carbocycles. The monoisotopic (exact) mass is 231 g/mol.